The molecule has 2 nitrogen and oxygen atoms in total. The van der Waals surface area contributed by atoms with Crippen LogP contribution in [0, 0.1) is 20.8 Å². The summed E-state index contributed by atoms with van der Waals surface area (Å²) in [5.41, 5.74) is 4.11. The molecule has 0 bridgehead atoms. The van der Waals surface area contributed by atoms with Crippen molar-refractivity contribution < 1.29 is 4.79 Å². The first-order chi connectivity index (χ1) is 7.41. The molecule has 86 valence electrons. The average Bonchev–Trinajstić information content (AvgIpc) is 2.12. The van der Waals surface area contributed by atoms with Gasteiger partial charge >= 0.3 is 0 Å². The largest absolute Gasteiger partial charge is 0.383 e. The van der Waals surface area contributed by atoms with Gasteiger partial charge in [-0.1, -0.05) is 17.7 Å². The van der Waals surface area contributed by atoms with Gasteiger partial charge in [0.1, 0.15) is 0 Å². The maximum atomic E-state index is 12.0. The van der Waals surface area contributed by atoms with E-state index in [1.807, 2.05) is 51.9 Å². The van der Waals surface area contributed by atoms with Crippen molar-refractivity contribution in [2.45, 2.75) is 20.8 Å². The fourth-order valence-corrected chi connectivity index (χ4v) is 1.87. The predicted molar refractivity (Wildman–Crippen MR) is 67.8 cm³/mol. The number of hydrogen-bond acceptors (Lipinski definition) is 2. The number of carbonyl (C=O) groups excluding carboxylic acids is 1. The molecular weight excluding hydrogens is 198 g/mol. The zero-order chi connectivity index (χ0) is 12.3. The van der Waals surface area contributed by atoms with Crippen LogP contribution in [0.3, 0.4) is 0 Å². The third-order valence-corrected chi connectivity index (χ3v) is 2.45. The zero-order valence-electron chi connectivity index (χ0n) is 10.7. The number of benzene rings is 1. The molecule has 0 unspecified atom stereocenters. The number of allylic oxidation sites excluding steroid dienone is 1. The summed E-state index contributed by atoms with van der Waals surface area (Å²) in [6.07, 6.45) is 3.39. The molecule has 0 aliphatic rings. The number of aryl methyl sites for hydroxylation is 3. The van der Waals surface area contributed by atoms with E-state index in [2.05, 4.69) is 0 Å². The van der Waals surface area contributed by atoms with Gasteiger partial charge in [-0.05, 0) is 31.9 Å². The lowest BCUT2D eigenvalue weighted by molar-refractivity contribution is 0.104. The number of hydrogen-bond donors (Lipinski definition) is 0. The zero-order valence-corrected chi connectivity index (χ0v) is 10.7. The van der Waals surface area contributed by atoms with Crippen LogP contribution in [-0.4, -0.2) is 24.8 Å². The van der Waals surface area contributed by atoms with Gasteiger partial charge in [-0.2, -0.15) is 0 Å². The normalized spacial score (nSPS) is 10.8. The number of nitrogens with zero attached hydrogens (tertiary/aromatic N) is 1. The summed E-state index contributed by atoms with van der Waals surface area (Å²) in [6.45, 7) is 6.01. The first-order valence-electron chi connectivity index (χ1n) is 5.38. The van der Waals surface area contributed by atoms with Crippen molar-refractivity contribution in [3.63, 3.8) is 0 Å². The van der Waals surface area contributed by atoms with E-state index in [9.17, 15) is 4.79 Å². The molecule has 0 heterocycles. The molecule has 0 saturated heterocycles. The van der Waals surface area contributed by atoms with Gasteiger partial charge in [-0.3, -0.25) is 4.79 Å². The number of carbonyl (C=O) groups is 1. The minimum Gasteiger partial charge on any atom is -0.383 e. The van der Waals surface area contributed by atoms with Crippen LogP contribution < -0.4 is 0 Å². The molecule has 0 amide bonds. The minimum atomic E-state index is 0.0729. The van der Waals surface area contributed by atoms with Crippen molar-refractivity contribution in [1.82, 2.24) is 4.90 Å². The minimum absolute atomic E-state index is 0.0729. The van der Waals surface area contributed by atoms with Gasteiger partial charge in [-0.25, -0.2) is 0 Å². The predicted octanol–water partition coefficient (Wildman–Crippen LogP) is 2.87. The Morgan fingerprint density at radius 1 is 1.12 bits per heavy atom. The van der Waals surface area contributed by atoms with Crippen LogP contribution in [0.25, 0.3) is 0 Å². The molecule has 0 saturated carbocycles. The van der Waals surface area contributed by atoms with Gasteiger partial charge in [-0.15, -0.1) is 0 Å². The van der Waals surface area contributed by atoms with Gasteiger partial charge < -0.3 is 4.90 Å². The molecule has 2 heteroatoms. The van der Waals surface area contributed by atoms with Crippen LogP contribution in [0.2, 0.25) is 0 Å². The lowest BCUT2D eigenvalue weighted by atomic mass is 9.96. The quantitative estimate of drug-likeness (QED) is 0.573. The summed E-state index contributed by atoms with van der Waals surface area (Å²) < 4.78 is 0. The molecule has 0 N–H and O–H groups in total. The topological polar surface area (TPSA) is 20.3 Å². The average molecular weight is 217 g/mol. The van der Waals surface area contributed by atoms with Crippen LogP contribution in [0.1, 0.15) is 27.0 Å². The molecule has 0 aliphatic heterocycles. The second kappa shape index (κ2) is 4.97. The Morgan fingerprint density at radius 2 is 1.62 bits per heavy atom. The van der Waals surface area contributed by atoms with Crippen LogP contribution in [0.15, 0.2) is 24.4 Å². The van der Waals surface area contributed by atoms with E-state index in [4.69, 9.17) is 0 Å². The smallest absolute Gasteiger partial charge is 0.187 e. The molecule has 1 aromatic carbocycles. The molecule has 1 rings (SSSR count). The molecule has 0 fully saturated rings. The molecule has 0 aliphatic carbocycles. The van der Waals surface area contributed by atoms with Crippen molar-refractivity contribution in [1.29, 1.82) is 0 Å². The van der Waals surface area contributed by atoms with Gasteiger partial charge in [0.15, 0.2) is 5.78 Å². The molecule has 1 aromatic rings. The molecule has 16 heavy (non-hydrogen) atoms. The van der Waals surface area contributed by atoms with Crippen LogP contribution in [-0.2, 0) is 0 Å². The first kappa shape index (κ1) is 12.5. The number of ketones is 1. The van der Waals surface area contributed by atoms with Crippen molar-refractivity contribution in [2.24, 2.45) is 0 Å². The van der Waals surface area contributed by atoms with Gasteiger partial charge in [0.05, 0.1) is 0 Å². The lowest BCUT2D eigenvalue weighted by Gasteiger charge is -2.09. The SMILES string of the molecule is Cc1cc(C)c(C(=O)/C=C/N(C)C)c(C)c1. The summed E-state index contributed by atoms with van der Waals surface area (Å²) in [4.78, 5) is 13.8. The summed E-state index contributed by atoms with van der Waals surface area (Å²) in [6, 6.07) is 4.09. The van der Waals surface area contributed by atoms with Gasteiger partial charge in [0, 0.05) is 31.9 Å². The molecule has 0 radical (unpaired) electrons. The highest BCUT2D eigenvalue weighted by Gasteiger charge is 2.09. The molecule has 0 atom stereocenters. The summed E-state index contributed by atoms with van der Waals surface area (Å²) in [5, 5.41) is 0. The Labute approximate surface area is 97.6 Å². The summed E-state index contributed by atoms with van der Waals surface area (Å²) in [5.74, 6) is 0.0729. The first-order valence-corrected chi connectivity index (χ1v) is 5.38. The second-order valence-corrected chi connectivity index (χ2v) is 4.42. The standard InChI is InChI=1S/C14H19NO/c1-10-8-11(2)14(12(3)9-10)13(16)6-7-15(4)5/h6-9H,1-5H3/b7-6+. The van der Waals surface area contributed by atoms with E-state index in [1.54, 1.807) is 12.3 Å². The molecular formula is C14H19NO. The van der Waals surface area contributed by atoms with Crippen LogP contribution >= 0.6 is 0 Å². The van der Waals surface area contributed by atoms with Crippen molar-refractivity contribution in [3.8, 4) is 0 Å². The molecule has 0 aromatic heterocycles. The highest BCUT2D eigenvalue weighted by molar-refractivity contribution is 6.06. The Hall–Kier alpha value is -1.57. The third-order valence-electron chi connectivity index (χ3n) is 2.45. The Morgan fingerprint density at radius 3 is 2.06 bits per heavy atom. The van der Waals surface area contributed by atoms with E-state index >= 15 is 0 Å². The lowest BCUT2D eigenvalue weighted by Crippen LogP contribution is -2.06. The maximum Gasteiger partial charge on any atom is 0.187 e. The van der Waals surface area contributed by atoms with Crippen molar-refractivity contribution in [3.05, 3.63) is 46.7 Å². The molecule has 0 spiro atoms. The fourth-order valence-electron chi connectivity index (χ4n) is 1.87. The maximum absolute atomic E-state index is 12.0. The van der Waals surface area contributed by atoms with E-state index in [-0.39, 0.29) is 5.78 Å². The van der Waals surface area contributed by atoms with E-state index in [0.29, 0.717) is 0 Å². The highest BCUT2D eigenvalue weighted by atomic mass is 16.1. The Kier molecular flexibility index (Phi) is 3.88. The van der Waals surface area contributed by atoms with Crippen molar-refractivity contribution in [2.75, 3.05) is 14.1 Å². The van der Waals surface area contributed by atoms with Crippen LogP contribution in [0.5, 0.6) is 0 Å². The third kappa shape index (κ3) is 2.96. The highest BCUT2D eigenvalue weighted by Crippen LogP contribution is 2.17. The van der Waals surface area contributed by atoms with Crippen LogP contribution in [0.4, 0.5) is 0 Å². The van der Waals surface area contributed by atoms with E-state index < -0.39 is 0 Å². The van der Waals surface area contributed by atoms with Gasteiger partial charge in [0.25, 0.3) is 0 Å². The summed E-state index contributed by atoms with van der Waals surface area (Å²) >= 11 is 0. The fraction of sp³-hybridized carbons (Fsp3) is 0.357. The Bertz CT molecular complexity index is 407. The van der Waals surface area contributed by atoms with Crippen molar-refractivity contribution >= 4 is 5.78 Å². The monoisotopic (exact) mass is 217 g/mol. The van der Waals surface area contributed by atoms with E-state index in [1.165, 1.54) is 5.56 Å². The second-order valence-electron chi connectivity index (χ2n) is 4.42. The Balaban J connectivity index is 3.09. The van der Waals surface area contributed by atoms with Gasteiger partial charge in [0.2, 0.25) is 0 Å². The summed E-state index contributed by atoms with van der Waals surface area (Å²) in [7, 11) is 3.80. The number of rotatable bonds is 3. The van der Waals surface area contributed by atoms with E-state index in [0.717, 1.165) is 16.7 Å².